The van der Waals surface area contributed by atoms with Gasteiger partial charge in [-0.3, -0.25) is 0 Å². The van der Waals surface area contributed by atoms with Gasteiger partial charge in [-0.2, -0.15) is 0 Å². The molecule has 0 amide bonds. The van der Waals surface area contributed by atoms with Crippen LogP contribution in [0.5, 0.6) is 11.5 Å². The van der Waals surface area contributed by atoms with Gasteiger partial charge in [0.05, 0.1) is 31.4 Å². The molecule has 0 aliphatic rings. The van der Waals surface area contributed by atoms with Gasteiger partial charge in [-0.25, -0.2) is 4.98 Å². The highest BCUT2D eigenvalue weighted by Crippen LogP contribution is 2.36. The van der Waals surface area contributed by atoms with E-state index in [9.17, 15) is 5.11 Å². The van der Waals surface area contributed by atoms with Crippen LogP contribution in [0.15, 0.2) is 18.2 Å². The predicted octanol–water partition coefficient (Wildman–Crippen LogP) is 2.97. The van der Waals surface area contributed by atoms with Gasteiger partial charge in [0.1, 0.15) is 0 Å². The Morgan fingerprint density at radius 2 is 2.00 bits per heavy atom. The molecule has 0 spiro atoms. The van der Waals surface area contributed by atoms with E-state index < -0.39 is 0 Å². The first-order valence-corrected chi connectivity index (χ1v) is 6.37. The highest BCUT2D eigenvalue weighted by molar-refractivity contribution is 7.16. The fraction of sp³-hybridized carbons (Fsp3) is 0.250. The average Bonchev–Trinajstić information content (AvgIpc) is 2.79. The van der Waals surface area contributed by atoms with Crippen LogP contribution in [0.1, 0.15) is 4.88 Å². The Balaban J connectivity index is 2.50. The van der Waals surface area contributed by atoms with Crippen molar-refractivity contribution in [2.45, 2.75) is 6.61 Å². The number of hydrogen-bond acceptors (Lipinski definition) is 5. The van der Waals surface area contributed by atoms with Crippen LogP contribution in [0, 0.1) is 0 Å². The monoisotopic (exact) mass is 285 g/mol. The third-order valence-electron chi connectivity index (χ3n) is 2.47. The predicted molar refractivity (Wildman–Crippen MR) is 71.6 cm³/mol. The molecule has 0 aliphatic carbocycles. The van der Waals surface area contributed by atoms with Crippen molar-refractivity contribution < 1.29 is 14.6 Å². The van der Waals surface area contributed by atoms with Crippen LogP contribution in [0.25, 0.3) is 11.3 Å². The largest absolute Gasteiger partial charge is 0.493 e. The Kier molecular flexibility index (Phi) is 4.06. The van der Waals surface area contributed by atoms with Crippen molar-refractivity contribution in [2.24, 2.45) is 0 Å². The highest BCUT2D eigenvalue weighted by Gasteiger charge is 2.13. The highest BCUT2D eigenvalue weighted by atomic mass is 35.5. The molecule has 1 heterocycles. The Hall–Kier alpha value is -1.30. The molecule has 0 radical (unpaired) electrons. The molecule has 18 heavy (non-hydrogen) atoms. The third-order valence-corrected chi connectivity index (χ3v) is 3.62. The fourth-order valence-electron chi connectivity index (χ4n) is 1.64. The van der Waals surface area contributed by atoms with E-state index in [0.717, 1.165) is 10.4 Å². The van der Waals surface area contributed by atoms with E-state index in [1.165, 1.54) is 11.3 Å². The van der Waals surface area contributed by atoms with Crippen LogP contribution in [0.2, 0.25) is 4.47 Å². The molecule has 6 heteroatoms. The molecule has 0 saturated heterocycles. The van der Waals surface area contributed by atoms with E-state index in [0.29, 0.717) is 21.7 Å². The van der Waals surface area contributed by atoms with Crippen LogP contribution in [-0.4, -0.2) is 24.3 Å². The number of nitrogens with zero attached hydrogens (tertiary/aromatic N) is 1. The van der Waals surface area contributed by atoms with Crippen molar-refractivity contribution in [3.05, 3.63) is 27.5 Å². The van der Waals surface area contributed by atoms with Crippen LogP contribution in [-0.2, 0) is 6.61 Å². The van der Waals surface area contributed by atoms with E-state index in [4.69, 9.17) is 21.1 Å². The number of aromatic nitrogens is 1. The van der Waals surface area contributed by atoms with Crippen molar-refractivity contribution >= 4 is 22.9 Å². The number of benzene rings is 1. The van der Waals surface area contributed by atoms with Crippen molar-refractivity contribution in [1.82, 2.24) is 4.98 Å². The van der Waals surface area contributed by atoms with Crippen molar-refractivity contribution in [3.8, 4) is 22.8 Å². The minimum Gasteiger partial charge on any atom is -0.493 e. The van der Waals surface area contributed by atoms with Gasteiger partial charge in [-0.15, -0.1) is 11.3 Å². The van der Waals surface area contributed by atoms with Gasteiger partial charge in [0.25, 0.3) is 0 Å². The van der Waals surface area contributed by atoms with Crippen molar-refractivity contribution in [3.63, 3.8) is 0 Å². The van der Waals surface area contributed by atoms with E-state index in [-0.39, 0.29) is 6.61 Å². The minimum absolute atomic E-state index is 0.0892. The molecule has 2 aromatic rings. The van der Waals surface area contributed by atoms with Crippen LogP contribution < -0.4 is 9.47 Å². The van der Waals surface area contributed by atoms with Gasteiger partial charge in [0.15, 0.2) is 16.0 Å². The second-order valence-corrected chi connectivity index (χ2v) is 5.13. The maximum atomic E-state index is 9.28. The zero-order valence-electron chi connectivity index (χ0n) is 9.94. The number of ether oxygens (including phenoxy) is 2. The number of aliphatic hydroxyl groups excluding tert-OH is 1. The fourth-order valence-corrected chi connectivity index (χ4v) is 2.67. The SMILES string of the molecule is COc1ccc(-c2nc(Cl)sc2CO)cc1OC. The summed E-state index contributed by atoms with van der Waals surface area (Å²) in [5, 5.41) is 9.28. The van der Waals surface area contributed by atoms with E-state index >= 15 is 0 Å². The lowest BCUT2D eigenvalue weighted by Crippen LogP contribution is -1.92. The second kappa shape index (κ2) is 5.56. The van der Waals surface area contributed by atoms with E-state index in [1.54, 1.807) is 20.3 Å². The summed E-state index contributed by atoms with van der Waals surface area (Å²) < 4.78 is 10.8. The molecule has 4 nitrogen and oxygen atoms in total. The number of rotatable bonds is 4. The summed E-state index contributed by atoms with van der Waals surface area (Å²) in [4.78, 5) is 4.94. The number of aliphatic hydroxyl groups is 1. The normalized spacial score (nSPS) is 10.4. The van der Waals surface area contributed by atoms with Gasteiger partial charge in [0, 0.05) is 5.56 Å². The summed E-state index contributed by atoms with van der Waals surface area (Å²) in [7, 11) is 3.15. The van der Waals surface area contributed by atoms with E-state index in [1.807, 2.05) is 12.1 Å². The summed E-state index contributed by atoms with van der Waals surface area (Å²) >= 11 is 7.13. The Morgan fingerprint density at radius 1 is 1.28 bits per heavy atom. The lowest BCUT2D eigenvalue weighted by molar-refractivity contribution is 0.286. The van der Waals surface area contributed by atoms with Crippen molar-refractivity contribution in [2.75, 3.05) is 14.2 Å². The molecule has 1 aromatic heterocycles. The van der Waals surface area contributed by atoms with Gasteiger partial charge in [-0.1, -0.05) is 11.6 Å². The summed E-state index contributed by atoms with van der Waals surface area (Å²) in [6.45, 7) is -0.0892. The molecule has 1 N–H and O–H groups in total. The van der Waals surface area contributed by atoms with Gasteiger partial charge >= 0.3 is 0 Å². The number of halogens is 1. The number of hydrogen-bond donors (Lipinski definition) is 1. The summed E-state index contributed by atoms with van der Waals surface area (Å²) in [6, 6.07) is 5.46. The first-order valence-electron chi connectivity index (χ1n) is 5.18. The molecule has 2 rings (SSSR count). The summed E-state index contributed by atoms with van der Waals surface area (Å²) in [6.07, 6.45) is 0. The molecule has 0 aliphatic heterocycles. The summed E-state index contributed by atoms with van der Waals surface area (Å²) in [5.74, 6) is 1.26. The van der Waals surface area contributed by atoms with Gasteiger partial charge < -0.3 is 14.6 Å². The summed E-state index contributed by atoms with van der Waals surface area (Å²) in [5.41, 5.74) is 1.51. The number of methoxy groups -OCH3 is 2. The smallest absolute Gasteiger partial charge is 0.184 e. The Labute approximate surface area is 114 Å². The molecule has 0 bridgehead atoms. The lowest BCUT2D eigenvalue weighted by atomic mass is 10.1. The Bertz CT molecular complexity index is 556. The molecule has 96 valence electrons. The maximum absolute atomic E-state index is 9.28. The van der Waals surface area contributed by atoms with Crippen molar-refractivity contribution in [1.29, 1.82) is 0 Å². The molecule has 0 fully saturated rings. The molecule has 1 aromatic carbocycles. The zero-order chi connectivity index (χ0) is 13.1. The number of thiazole rings is 1. The lowest BCUT2D eigenvalue weighted by Gasteiger charge is -2.09. The van der Waals surface area contributed by atoms with Crippen LogP contribution in [0.3, 0.4) is 0 Å². The Morgan fingerprint density at radius 3 is 2.61 bits per heavy atom. The maximum Gasteiger partial charge on any atom is 0.184 e. The van der Waals surface area contributed by atoms with Gasteiger partial charge in [0.2, 0.25) is 0 Å². The standard InChI is InChI=1S/C12H12ClNO3S/c1-16-8-4-3-7(5-9(8)17-2)11-10(6-15)18-12(13)14-11/h3-5,15H,6H2,1-2H3. The third kappa shape index (κ3) is 2.43. The quantitative estimate of drug-likeness (QED) is 0.938. The van der Waals surface area contributed by atoms with E-state index in [2.05, 4.69) is 4.98 Å². The van der Waals surface area contributed by atoms with Crippen LogP contribution in [0.4, 0.5) is 0 Å². The second-order valence-electron chi connectivity index (χ2n) is 3.47. The van der Waals surface area contributed by atoms with Gasteiger partial charge in [-0.05, 0) is 18.2 Å². The zero-order valence-corrected chi connectivity index (χ0v) is 11.5. The molecular formula is C12H12ClNO3S. The molecule has 0 saturated carbocycles. The first-order chi connectivity index (χ1) is 8.69. The average molecular weight is 286 g/mol. The molecule has 0 atom stereocenters. The molecular weight excluding hydrogens is 274 g/mol. The topological polar surface area (TPSA) is 51.6 Å². The minimum atomic E-state index is -0.0892. The molecule has 0 unspecified atom stereocenters. The van der Waals surface area contributed by atoms with Crippen LogP contribution >= 0.6 is 22.9 Å². The first kappa shape index (κ1) is 13.1.